The van der Waals surface area contributed by atoms with Crippen molar-refractivity contribution in [3.05, 3.63) is 12.4 Å². The maximum absolute atomic E-state index is 6.02. The number of anilines is 1. The zero-order valence-electron chi connectivity index (χ0n) is 13.7. The van der Waals surface area contributed by atoms with E-state index in [4.69, 9.17) is 9.47 Å². The molecule has 5 heteroatoms. The molecule has 126 valence electrons. The molecule has 2 aliphatic carbocycles. The Kier molecular flexibility index (Phi) is 4.64. The van der Waals surface area contributed by atoms with Crippen LogP contribution in [0.1, 0.15) is 57.8 Å². The molecule has 1 aliphatic heterocycles. The summed E-state index contributed by atoms with van der Waals surface area (Å²) in [4.78, 5) is 8.91. The standard InChI is InChI=1S/C18H27N3O2/c1-2-4-15(5-3-1)23-18-12-19-11-17(21-18)20-14-8-9-22-16(10-14)13-6-7-13/h11-16H,1-10H2,(H,20,21). The summed E-state index contributed by atoms with van der Waals surface area (Å²) in [6.07, 6.45) is 15.2. The molecule has 5 nitrogen and oxygen atoms in total. The zero-order valence-corrected chi connectivity index (χ0v) is 13.7. The largest absolute Gasteiger partial charge is 0.473 e. The van der Waals surface area contributed by atoms with Crippen LogP contribution in [0.4, 0.5) is 5.82 Å². The Morgan fingerprint density at radius 3 is 2.74 bits per heavy atom. The Hall–Kier alpha value is -1.36. The first kappa shape index (κ1) is 15.2. The van der Waals surface area contributed by atoms with Crippen LogP contribution in [0, 0.1) is 5.92 Å². The number of nitrogens with zero attached hydrogens (tertiary/aromatic N) is 2. The van der Waals surface area contributed by atoms with Crippen LogP contribution >= 0.6 is 0 Å². The molecule has 2 heterocycles. The first-order valence-electron chi connectivity index (χ1n) is 9.23. The van der Waals surface area contributed by atoms with Crippen LogP contribution in [-0.2, 0) is 4.74 Å². The van der Waals surface area contributed by atoms with Crippen LogP contribution < -0.4 is 10.1 Å². The quantitative estimate of drug-likeness (QED) is 0.900. The van der Waals surface area contributed by atoms with Gasteiger partial charge in [0, 0.05) is 12.6 Å². The van der Waals surface area contributed by atoms with Crippen LogP contribution in [0.2, 0.25) is 0 Å². The monoisotopic (exact) mass is 317 g/mol. The van der Waals surface area contributed by atoms with E-state index in [1.165, 1.54) is 32.1 Å². The molecule has 2 atom stereocenters. The summed E-state index contributed by atoms with van der Waals surface area (Å²) < 4.78 is 11.9. The number of hydrogen-bond acceptors (Lipinski definition) is 5. The molecule has 1 N–H and O–H groups in total. The second-order valence-electron chi connectivity index (χ2n) is 7.23. The Labute approximate surface area is 138 Å². The van der Waals surface area contributed by atoms with Crippen molar-refractivity contribution < 1.29 is 9.47 Å². The predicted octanol–water partition coefficient (Wildman–Crippen LogP) is 3.56. The fourth-order valence-electron chi connectivity index (χ4n) is 3.79. The summed E-state index contributed by atoms with van der Waals surface area (Å²) in [6.45, 7) is 0.852. The van der Waals surface area contributed by atoms with Gasteiger partial charge >= 0.3 is 0 Å². The van der Waals surface area contributed by atoms with Gasteiger partial charge in [-0.2, -0.15) is 4.98 Å². The van der Waals surface area contributed by atoms with Gasteiger partial charge in [0.15, 0.2) is 0 Å². The molecule has 0 spiro atoms. The number of ether oxygens (including phenoxy) is 2. The average Bonchev–Trinajstić information content (AvgIpc) is 3.41. The highest BCUT2D eigenvalue weighted by molar-refractivity contribution is 5.34. The Morgan fingerprint density at radius 1 is 1.04 bits per heavy atom. The van der Waals surface area contributed by atoms with Gasteiger partial charge in [0.1, 0.15) is 11.9 Å². The van der Waals surface area contributed by atoms with Gasteiger partial charge in [0.2, 0.25) is 5.88 Å². The van der Waals surface area contributed by atoms with E-state index in [0.717, 1.165) is 44.0 Å². The molecule has 3 fully saturated rings. The zero-order chi connectivity index (χ0) is 15.5. The molecule has 23 heavy (non-hydrogen) atoms. The highest BCUT2D eigenvalue weighted by Gasteiger charge is 2.35. The van der Waals surface area contributed by atoms with Gasteiger partial charge < -0.3 is 14.8 Å². The first-order chi connectivity index (χ1) is 11.4. The van der Waals surface area contributed by atoms with Crippen molar-refractivity contribution in [2.75, 3.05) is 11.9 Å². The van der Waals surface area contributed by atoms with Crippen LogP contribution in [0.25, 0.3) is 0 Å². The molecule has 1 saturated heterocycles. The van der Waals surface area contributed by atoms with E-state index in [1.807, 2.05) is 0 Å². The lowest BCUT2D eigenvalue weighted by Crippen LogP contribution is -2.35. The third kappa shape index (κ3) is 4.14. The summed E-state index contributed by atoms with van der Waals surface area (Å²) in [5, 5.41) is 3.54. The van der Waals surface area contributed by atoms with E-state index >= 15 is 0 Å². The SMILES string of the molecule is c1ncc(OC2CCCCC2)nc1NC1CCOC(C2CC2)C1. The highest BCUT2D eigenvalue weighted by Crippen LogP contribution is 2.38. The van der Waals surface area contributed by atoms with E-state index in [0.29, 0.717) is 24.1 Å². The molecule has 1 aromatic heterocycles. The van der Waals surface area contributed by atoms with Crippen molar-refractivity contribution in [3.63, 3.8) is 0 Å². The van der Waals surface area contributed by atoms with Crippen molar-refractivity contribution in [2.24, 2.45) is 5.92 Å². The van der Waals surface area contributed by atoms with E-state index in [9.17, 15) is 0 Å². The van der Waals surface area contributed by atoms with Crippen LogP contribution in [-0.4, -0.2) is 34.8 Å². The summed E-state index contributed by atoms with van der Waals surface area (Å²) in [7, 11) is 0. The van der Waals surface area contributed by atoms with E-state index < -0.39 is 0 Å². The molecule has 2 unspecified atom stereocenters. The second kappa shape index (κ2) is 7.04. The van der Waals surface area contributed by atoms with Gasteiger partial charge in [-0.25, -0.2) is 0 Å². The highest BCUT2D eigenvalue weighted by atomic mass is 16.5. The molecule has 2 saturated carbocycles. The van der Waals surface area contributed by atoms with Gasteiger partial charge in [0.05, 0.1) is 18.5 Å². The van der Waals surface area contributed by atoms with Gasteiger partial charge in [-0.05, 0) is 57.3 Å². The smallest absolute Gasteiger partial charge is 0.234 e. The van der Waals surface area contributed by atoms with Crippen molar-refractivity contribution in [2.45, 2.75) is 76.0 Å². The number of hydrogen-bond donors (Lipinski definition) is 1. The summed E-state index contributed by atoms with van der Waals surface area (Å²) in [6, 6.07) is 0.439. The second-order valence-corrected chi connectivity index (χ2v) is 7.23. The lowest BCUT2D eigenvalue weighted by Gasteiger charge is -2.30. The Bertz CT molecular complexity index is 515. The number of aromatic nitrogens is 2. The summed E-state index contributed by atoms with van der Waals surface area (Å²) >= 11 is 0. The minimum absolute atomic E-state index is 0.315. The van der Waals surface area contributed by atoms with E-state index in [-0.39, 0.29) is 0 Å². The molecule has 0 amide bonds. The van der Waals surface area contributed by atoms with Gasteiger partial charge in [-0.1, -0.05) is 6.42 Å². The fourth-order valence-corrected chi connectivity index (χ4v) is 3.79. The maximum Gasteiger partial charge on any atom is 0.234 e. The Morgan fingerprint density at radius 2 is 1.91 bits per heavy atom. The topological polar surface area (TPSA) is 56.3 Å². The van der Waals surface area contributed by atoms with E-state index in [2.05, 4.69) is 15.3 Å². The van der Waals surface area contributed by atoms with Crippen LogP contribution in [0.3, 0.4) is 0 Å². The molecule has 0 aromatic carbocycles. The molecular formula is C18H27N3O2. The van der Waals surface area contributed by atoms with Gasteiger partial charge in [0.25, 0.3) is 0 Å². The maximum atomic E-state index is 6.02. The third-order valence-electron chi connectivity index (χ3n) is 5.27. The molecule has 0 bridgehead atoms. The average molecular weight is 317 g/mol. The normalized spacial score (nSPS) is 29.2. The molecule has 3 aliphatic rings. The van der Waals surface area contributed by atoms with Crippen molar-refractivity contribution >= 4 is 5.82 Å². The van der Waals surface area contributed by atoms with Crippen molar-refractivity contribution in [3.8, 4) is 5.88 Å². The van der Waals surface area contributed by atoms with Crippen molar-refractivity contribution in [1.82, 2.24) is 9.97 Å². The minimum atomic E-state index is 0.315. The van der Waals surface area contributed by atoms with Gasteiger partial charge in [-0.15, -0.1) is 0 Å². The van der Waals surface area contributed by atoms with Gasteiger partial charge in [-0.3, -0.25) is 4.98 Å². The lowest BCUT2D eigenvalue weighted by atomic mass is 9.98. The predicted molar refractivity (Wildman–Crippen MR) is 88.6 cm³/mol. The van der Waals surface area contributed by atoms with Crippen LogP contribution in [0.5, 0.6) is 5.88 Å². The summed E-state index contributed by atoms with van der Waals surface area (Å²) in [5.41, 5.74) is 0. The first-order valence-corrected chi connectivity index (χ1v) is 9.23. The Balaban J connectivity index is 1.34. The van der Waals surface area contributed by atoms with E-state index in [1.54, 1.807) is 12.4 Å². The number of rotatable bonds is 5. The van der Waals surface area contributed by atoms with Crippen LogP contribution in [0.15, 0.2) is 12.4 Å². The number of nitrogens with one attached hydrogen (secondary N) is 1. The summed E-state index contributed by atoms with van der Waals surface area (Å²) in [5.74, 6) is 2.29. The molecule has 0 radical (unpaired) electrons. The molecule has 4 rings (SSSR count). The molecular weight excluding hydrogens is 290 g/mol. The van der Waals surface area contributed by atoms with Crippen molar-refractivity contribution in [1.29, 1.82) is 0 Å². The minimum Gasteiger partial charge on any atom is -0.473 e. The lowest BCUT2D eigenvalue weighted by molar-refractivity contribution is -0.00224. The third-order valence-corrected chi connectivity index (χ3v) is 5.27. The molecule has 1 aromatic rings. The fraction of sp³-hybridized carbons (Fsp3) is 0.778.